The predicted octanol–water partition coefficient (Wildman–Crippen LogP) is 3.23. The van der Waals surface area contributed by atoms with Crippen molar-refractivity contribution in [3.63, 3.8) is 0 Å². The van der Waals surface area contributed by atoms with Gasteiger partial charge in [0, 0.05) is 5.69 Å². The van der Waals surface area contributed by atoms with Crippen molar-refractivity contribution in [2.45, 2.75) is 20.3 Å². The fourth-order valence-corrected chi connectivity index (χ4v) is 1.55. The van der Waals surface area contributed by atoms with Crippen LogP contribution in [-0.4, -0.2) is 12.6 Å². The number of rotatable bonds is 4. The van der Waals surface area contributed by atoms with Crippen molar-refractivity contribution < 1.29 is 9.53 Å². The van der Waals surface area contributed by atoms with Crippen LogP contribution in [0.25, 0.3) is 0 Å². The number of anilines is 1. The Morgan fingerprint density at radius 3 is 2.88 bits per heavy atom. The van der Waals surface area contributed by atoms with Gasteiger partial charge in [0.1, 0.15) is 0 Å². The number of nitrogen functional groups attached to an aromatic ring is 1. The third kappa shape index (κ3) is 3.23. The Kier molecular flexibility index (Phi) is 4.80. The number of hydrogen-bond acceptors (Lipinski definition) is 3. The Bertz CT molecular complexity index is 379. The maximum Gasteiger partial charge on any atom is 0.339 e. The molecule has 0 aliphatic heterocycles. The van der Waals surface area contributed by atoms with Crippen molar-refractivity contribution in [1.29, 1.82) is 0 Å². The summed E-state index contributed by atoms with van der Waals surface area (Å²) in [6, 6.07) is 5.16. The maximum atomic E-state index is 11.7. The fourth-order valence-electron chi connectivity index (χ4n) is 1.12. The molecule has 1 rings (SSSR count). The fraction of sp³-hybridized carbons (Fsp3) is 0.417. The zero-order chi connectivity index (χ0) is 12.1. The summed E-state index contributed by atoms with van der Waals surface area (Å²) >= 11 is 3.28. The number of ether oxygens (including phenoxy) is 1. The van der Waals surface area contributed by atoms with E-state index in [-0.39, 0.29) is 5.97 Å². The SMILES string of the molecule is CCC(C)COC(=O)c1cccc(N)c1Br. The molecule has 0 aliphatic rings. The Morgan fingerprint density at radius 2 is 2.25 bits per heavy atom. The smallest absolute Gasteiger partial charge is 0.339 e. The van der Waals surface area contributed by atoms with Crippen LogP contribution in [0, 0.1) is 5.92 Å². The molecule has 88 valence electrons. The molecule has 1 atom stereocenters. The van der Waals surface area contributed by atoms with Gasteiger partial charge in [0.15, 0.2) is 0 Å². The minimum absolute atomic E-state index is 0.334. The van der Waals surface area contributed by atoms with Gasteiger partial charge >= 0.3 is 5.97 Å². The van der Waals surface area contributed by atoms with Crippen LogP contribution in [0.4, 0.5) is 5.69 Å². The number of carbonyl (C=O) groups excluding carboxylic acids is 1. The molecule has 1 unspecified atom stereocenters. The van der Waals surface area contributed by atoms with Gasteiger partial charge in [-0.3, -0.25) is 0 Å². The molecule has 0 aromatic heterocycles. The molecule has 1 aromatic rings. The van der Waals surface area contributed by atoms with Crippen LogP contribution in [0.3, 0.4) is 0 Å². The third-order valence-electron chi connectivity index (χ3n) is 2.44. The highest BCUT2D eigenvalue weighted by Gasteiger charge is 2.13. The van der Waals surface area contributed by atoms with Gasteiger partial charge in [-0.1, -0.05) is 26.3 Å². The summed E-state index contributed by atoms with van der Waals surface area (Å²) in [4.78, 5) is 11.7. The first-order valence-corrected chi connectivity index (χ1v) is 6.06. The molecule has 0 bridgehead atoms. The molecule has 4 heteroatoms. The van der Waals surface area contributed by atoms with Crippen LogP contribution >= 0.6 is 15.9 Å². The van der Waals surface area contributed by atoms with Gasteiger partial charge in [0.25, 0.3) is 0 Å². The molecule has 1 aromatic carbocycles. The zero-order valence-electron chi connectivity index (χ0n) is 9.50. The van der Waals surface area contributed by atoms with E-state index < -0.39 is 0 Å². The van der Waals surface area contributed by atoms with E-state index in [1.54, 1.807) is 18.2 Å². The van der Waals surface area contributed by atoms with Gasteiger partial charge < -0.3 is 10.5 Å². The highest BCUT2D eigenvalue weighted by molar-refractivity contribution is 9.10. The largest absolute Gasteiger partial charge is 0.462 e. The monoisotopic (exact) mass is 285 g/mol. The Hall–Kier alpha value is -1.03. The van der Waals surface area contributed by atoms with E-state index >= 15 is 0 Å². The number of hydrogen-bond donors (Lipinski definition) is 1. The van der Waals surface area contributed by atoms with Crippen molar-refractivity contribution >= 4 is 27.6 Å². The van der Waals surface area contributed by atoms with Gasteiger partial charge in [-0.2, -0.15) is 0 Å². The summed E-state index contributed by atoms with van der Waals surface area (Å²) in [6.07, 6.45) is 0.991. The highest BCUT2D eigenvalue weighted by atomic mass is 79.9. The van der Waals surface area contributed by atoms with Gasteiger partial charge in [-0.15, -0.1) is 0 Å². The lowest BCUT2D eigenvalue weighted by Crippen LogP contribution is -2.12. The van der Waals surface area contributed by atoms with Crippen LogP contribution in [0.15, 0.2) is 22.7 Å². The van der Waals surface area contributed by atoms with Crippen molar-refractivity contribution in [2.24, 2.45) is 5.92 Å². The van der Waals surface area contributed by atoms with Gasteiger partial charge in [0.2, 0.25) is 0 Å². The Balaban J connectivity index is 2.70. The lowest BCUT2D eigenvalue weighted by Gasteiger charge is -2.11. The summed E-state index contributed by atoms with van der Waals surface area (Å²) < 4.78 is 5.79. The number of halogens is 1. The lowest BCUT2D eigenvalue weighted by molar-refractivity contribution is 0.0446. The molecule has 0 spiro atoms. The third-order valence-corrected chi connectivity index (χ3v) is 3.33. The van der Waals surface area contributed by atoms with E-state index in [0.717, 1.165) is 6.42 Å². The minimum Gasteiger partial charge on any atom is -0.462 e. The standard InChI is InChI=1S/C12H16BrNO2/c1-3-8(2)7-16-12(15)9-5-4-6-10(14)11(9)13/h4-6,8H,3,7,14H2,1-2H3. The normalized spacial score (nSPS) is 12.2. The molecule has 0 saturated heterocycles. The second kappa shape index (κ2) is 5.89. The van der Waals surface area contributed by atoms with E-state index in [1.165, 1.54) is 0 Å². The topological polar surface area (TPSA) is 52.3 Å². The van der Waals surface area contributed by atoms with Crippen molar-refractivity contribution in [3.8, 4) is 0 Å². The first-order valence-electron chi connectivity index (χ1n) is 5.27. The molecule has 0 fully saturated rings. The minimum atomic E-state index is -0.334. The van der Waals surface area contributed by atoms with Crippen molar-refractivity contribution in [2.75, 3.05) is 12.3 Å². The van der Waals surface area contributed by atoms with Crippen LogP contribution < -0.4 is 5.73 Å². The van der Waals surface area contributed by atoms with Crippen LogP contribution in [0.2, 0.25) is 0 Å². The molecule has 0 saturated carbocycles. The van der Waals surface area contributed by atoms with Crippen LogP contribution in [-0.2, 0) is 4.74 Å². The number of nitrogens with two attached hydrogens (primary N) is 1. The Morgan fingerprint density at radius 1 is 1.56 bits per heavy atom. The maximum absolute atomic E-state index is 11.7. The Labute approximate surface area is 104 Å². The average Bonchev–Trinajstić information content (AvgIpc) is 2.29. The molecule has 16 heavy (non-hydrogen) atoms. The molecule has 0 heterocycles. The van der Waals surface area contributed by atoms with E-state index in [4.69, 9.17) is 10.5 Å². The van der Waals surface area contributed by atoms with E-state index in [9.17, 15) is 4.79 Å². The second-order valence-corrected chi connectivity index (χ2v) is 4.61. The highest BCUT2D eigenvalue weighted by Crippen LogP contribution is 2.24. The molecular weight excluding hydrogens is 270 g/mol. The number of carbonyl (C=O) groups is 1. The summed E-state index contributed by atoms with van der Waals surface area (Å²) in [7, 11) is 0. The summed E-state index contributed by atoms with van der Waals surface area (Å²) in [5.74, 6) is 0.0447. The molecule has 0 radical (unpaired) electrons. The summed E-state index contributed by atoms with van der Waals surface area (Å²) in [5.41, 5.74) is 6.70. The van der Waals surface area contributed by atoms with Gasteiger partial charge in [-0.25, -0.2) is 4.79 Å². The molecule has 3 nitrogen and oxygen atoms in total. The molecule has 2 N–H and O–H groups in total. The predicted molar refractivity (Wildman–Crippen MR) is 68.3 cm³/mol. The first kappa shape index (κ1) is 13.0. The molecular formula is C12H16BrNO2. The summed E-state index contributed by atoms with van der Waals surface area (Å²) in [6.45, 7) is 4.55. The molecule has 0 aliphatic carbocycles. The van der Waals surface area contributed by atoms with E-state index in [1.807, 2.05) is 6.92 Å². The lowest BCUT2D eigenvalue weighted by atomic mass is 10.1. The summed E-state index contributed by atoms with van der Waals surface area (Å²) in [5, 5.41) is 0. The first-order chi connectivity index (χ1) is 7.56. The van der Waals surface area contributed by atoms with E-state index in [2.05, 4.69) is 22.9 Å². The quantitative estimate of drug-likeness (QED) is 0.683. The van der Waals surface area contributed by atoms with Crippen LogP contribution in [0.1, 0.15) is 30.6 Å². The van der Waals surface area contributed by atoms with Gasteiger partial charge in [-0.05, 0) is 34.0 Å². The molecule has 0 amide bonds. The number of benzene rings is 1. The zero-order valence-corrected chi connectivity index (χ0v) is 11.1. The van der Waals surface area contributed by atoms with Gasteiger partial charge in [0.05, 0.1) is 16.6 Å². The van der Waals surface area contributed by atoms with E-state index in [0.29, 0.717) is 28.2 Å². The van der Waals surface area contributed by atoms with Crippen molar-refractivity contribution in [1.82, 2.24) is 0 Å². The number of esters is 1. The van der Waals surface area contributed by atoms with Crippen molar-refractivity contribution in [3.05, 3.63) is 28.2 Å². The second-order valence-electron chi connectivity index (χ2n) is 3.82. The average molecular weight is 286 g/mol. The van der Waals surface area contributed by atoms with Crippen LogP contribution in [0.5, 0.6) is 0 Å².